The van der Waals surface area contributed by atoms with E-state index in [0.717, 1.165) is 0 Å². The SMILES string of the molecule is CC([O-])=Nc1ccc(Nc2nc3ccccc3nc2NS(=O)(=O)c2ccc(Cl)cc2)cc1. The average Bonchev–Trinajstić information content (AvgIpc) is 2.75. The van der Waals surface area contributed by atoms with Crippen molar-refractivity contribution in [1.29, 1.82) is 0 Å². The molecule has 10 heteroatoms. The molecule has 0 saturated heterocycles. The van der Waals surface area contributed by atoms with Crippen LogP contribution < -0.4 is 15.1 Å². The third kappa shape index (κ3) is 4.96. The fraction of sp³-hybridized carbons (Fsp3) is 0.0455. The topological polar surface area (TPSA) is 119 Å². The highest BCUT2D eigenvalue weighted by atomic mass is 35.5. The van der Waals surface area contributed by atoms with Crippen LogP contribution >= 0.6 is 11.6 Å². The Hall–Kier alpha value is -3.69. The first-order valence-corrected chi connectivity index (χ1v) is 11.3. The van der Waals surface area contributed by atoms with Gasteiger partial charge in [-0.15, -0.1) is 0 Å². The summed E-state index contributed by atoms with van der Waals surface area (Å²) < 4.78 is 28.3. The molecule has 0 atom stereocenters. The Morgan fingerprint density at radius 1 is 0.906 bits per heavy atom. The molecule has 0 fully saturated rings. The number of anilines is 3. The van der Waals surface area contributed by atoms with Crippen molar-refractivity contribution in [2.75, 3.05) is 10.0 Å². The monoisotopic (exact) mass is 466 g/mol. The molecule has 3 aromatic carbocycles. The van der Waals surface area contributed by atoms with Crippen molar-refractivity contribution in [3.63, 3.8) is 0 Å². The predicted molar refractivity (Wildman–Crippen MR) is 124 cm³/mol. The lowest BCUT2D eigenvalue weighted by atomic mass is 10.2. The quantitative estimate of drug-likeness (QED) is 0.324. The number of hydrogen-bond acceptors (Lipinski definition) is 7. The summed E-state index contributed by atoms with van der Waals surface area (Å²) in [5, 5.41) is 14.7. The minimum absolute atomic E-state index is 0.0381. The van der Waals surface area contributed by atoms with Crippen molar-refractivity contribution in [2.24, 2.45) is 4.99 Å². The second-order valence-corrected chi connectivity index (χ2v) is 8.89. The second kappa shape index (κ2) is 8.81. The zero-order valence-corrected chi connectivity index (χ0v) is 18.4. The number of nitrogens with one attached hydrogen (secondary N) is 2. The summed E-state index contributed by atoms with van der Waals surface area (Å²) in [5.41, 5.74) is 2.25. The highest BCUT2D eigenvalue weighted by Crippen LogP contribution is 2.28. The zero-order chi connectivity index (χ0) is 22.7. The summed E-state index contributed by atoms with van der Waals surface area (Å²) in [6, 6.07) is 19.7. The summed E-state index contributed by atoms with van der Waals surface area (Å²) >= 11 is 5.87. The van der Waals surface area contributed by atoms with E-state index in [2.05, 4.69) is 25.0 Å². The van der Waals surface area contributed by atoms with Gasteiger partial charge in [0.2, 0.25) is 0 Å². The molecular weight excluding hydrogens is 450 g/mol. The molecule has 0 aliphatic carbocycles. The molecule has 0 spiro atoms. The number of sulfonamides is 1. The minimum Gasteiger partial charge on any atom is -0.862 e. The molecule has 0 aliphatic rings. The van der Waals surface area contributed by atoms with E-state index in [1.807, 2.05) is 6.07 Å². The Balaban J connectivity index is 1.72. The van der Waals surface area contributed by atoms with Crippen LogP contribution in [0.3, 0.4) is 0 Å². The van der Waals surface area contributed by atoms with Crippen molar-refractivity contribution >= 4 is 61.6 Å². The van der Waals surface area contributed by atoms with Gasteiger partial charge in [0.1, 0.15) is 0 Å². The van der Waals surface area contributed by atoms with Crippen LogP contribution in [0.25, 0.3) is 11.0 Å². The summed E-state index contributed by atoms with van der Waals surface area (Å²) in [7, 11) is -3.94. The molecule has 2 N–H and O–H groups in total. The van der Waals surface area contributed by atoms with Gasteiger partial charge in [-0.05, 0) is 73.5 Å². The van der Waals surface area contributed by atoms with Gasteiger partial charge in [0, 0.05) is 10.7 Å². The van der Waals surface area contributed by atoms with E-state index < -0.39 is 10.0 Å². The van der Waals surface area contributed by atoms with Crippen LogP contribution in [0.5, 0.6) is 0 Å². The van der Waals surface area contributed by atoms with Gasteiger partial charge < -0.3 is 10.4 Å². The lowest BCUT2D eigenvalue weighted by Gasteiger charge is -2.14. The molecule has 4 rings (SSSR count). The van der Waals surface area contributed by atoms with Crippen molar-refractivity contribution < 1.29 is 13.5 Å². The van der Waals surface area contributed by atoms with Crippen molar-refractivity contribution in [1.82, 2.24) is 9.97 Å². The molecule has 0 radical (unpaired) electrons. The predicted octanol–water partition coefficient (Wildman–Crippen LogP) is 4.24. The smallest absolute Gasteiger partial charge is 0.263 e. The largest absolute Gasteiger partial charge is 0.862 e. The summed E-state index contributed by atoms with van der Waals surface area (Å²) in [4.78, 5) is 12.9. The third-order valence-electron chi connectivity index (χ3n) is 4.34. The molecule has 0 unspecified atom stereocenters. The van der Waals surface area contributed by atoms with Crippen LogP contribution in [0.2, 0.25) is 5.02 Å². The third-order valence-corrected chi connectivity index (χ3v) is 5.95. The van der Waals surface area contributed by atoms with Crippen molar-refractivity contribution in [3.05, 3.63) is 77.8 Å². The molecular formula is C22H17ClN5O3S-. The van der Waals surface area contributed by atoms with Gasteiger partial charge in [-0.1, -0.05) is 23.7 Å². The van der Waals surface area contributed by atoms with Crippen LogP contribution in [-0.2, 0) is 10.0 Å². The van der Waals surface area contributed by atoms with E-state index in [4.69, 9.17) is 11.6 Å². The van der Waals surface area contributed by atoms with Crippen molar-refractivity contribution in [2.45, 2.75) is 11.8 Å². The second-order valence-electron chi connectivity index (χ2n) is 6.77. The Labute approximate surface area is 189 Å². The average molecular weight is 467 g/mol. The standard InChI is InChI=1S/C22H18ClN5O3S/c1-14(29)24-16-8-10-17(11-9-16)25-21-22(27-20-5-3-2-4-19(20)26-21)28-32(30,31)18-12-6-15(23)7-13-18/h2-13H,1H3,(H,24,29)(H,25,26)(H,27,28)/p-1. The van der Waals surface area contributed by atoms with E-state index in [9.17, 15) is 13.5 Å². The number of fused-ring (bicyclic) bond motifs is 1. The maximum absolute atomic E-state index is 12.9. The van der Waals surface area contributed by atoms with Gasteiger partial charge in [0.15, 0.2) is 11.6 Å². The molecule has 0 aliphatic heterocycles. The highest BCUT2D eigenvalue weighted by Gasteiger charge is 2.19. The van der Waals surface area contributed by atoms with Gasteiger partial charge in [0.05, 0.1) is 21.6 Å². The number of rotatable bonds is 6. The Kier molecular flexibility index (Phi) is 5.93. The maximum atomic E-state index is 12.9. The molecule has 0 amide bonds. The molecule has 1 heterocycles. The van der Waals surface area contributed by atoms with E-state index >= 15 is 0 Å². The number of hydrogen-bond donors (Lipinski definition) is 2. The lowest BCUT2D eigenvalue weighted by Crippen LogP contribution is -2.16. The van der Waals surface area contributed by atoms with Gasteiger partial charge in [-0.3, -0.25) is 9.71 Å². The molecule has 4 aromatic rings. The van der Waals surface area contributed by atoms with Gasteiger partial charge in [-0.25, -0.2) is 18.4 Å². The number of para-hydroxylation sites is 2. The fourth-order valence-corrected chi connectivity index (χ4v) is 4.03. The summed E-state index contributed by atoms with van der Waals surface area (Å²) in [6.07, 6.45) is 0. The first kappa shape index (κ1) is 21.5. The van der Waals surface area contributed by atoms with E-state index in [-0.39, 0.29) is 22.4 Å². The van der Waals surface area contributed by atoms with Crippen LogP contribution in [0.1, 0.15) is 6.92 Å². The maximum Gasteiger partial charge on any atom is 0.263 e. The fourth-order valence-electron chi connectivity index (χ4n) is 2.90. The highest BCUT2D eigenvalue weighted by molar-refractivity contribution is 7.92. The normalized spacial score (nSPS) is 12.0. The summed E-state index contributed by atoms with van der Waals surface area (Å²) in [5.74, 6) is -0.0429. The number of nitrogens with zero attached hydrogens (tertiary/aromatic N) is 3. The first-order chi connectivity index (χ1) is 15.3. The number of benzene rings is 3. The van der Waals surface area contributed by atoms with Gasteiger partial charge in [0.25, 0.3) is 10.0 Å². The van der Waals surface area contributed by atoms with Gasteiger partial charge in [-0.2, -0.15) is 0 Å². The molecule has 0 bridgehead atoms. The number of aromatic nitrogens is 2. The molecule has 32 heavy (non-hydrogen) atoms. The Morgan fingerprint density at radius 3 is 2.09 bits per heavy atom. The first-order valence-electron chi connectivity index (χ1n) is 9.45. The molecule has 0 saturated carbocycles. The zero-order valence-electron chi connectivity index (χ0n) is 16.8. The van der Waals surface area contributed by atoms with Crippen LogP contribution in [0.4, 0.5) is 23.0 Å². The van der Waals surface area contributed by atoms with Crippen LogP contribution in [0.15, 0.2) is 82.7 Å². The molecule has 8 nitrogen and oxygen atoms in total. The van der Waals surface area contributed by atoms with Crippen LogP contribution in [0, 0.1) is 0 Å². The number of halogens is 1. The molecule has 1 aromatic heterocycles. The summed E-state index contributed by atoms with van der Waals surface area (Å²) in [6.45, 7) is 1.37. The Bertz CT molecular complexity index is 1400. The van der Waals surface area contributed by atoms with E-state index in [1.54, 1.807) is 42.5 Å². The van der Waals surface area contributed by atoms with Crippen LogP contribution in [-0.4, -0.2) is 24.3 Å². The Morgan fingerprint density at radius 2 is 1.50 bits per heavy atom. The number of aliphatic imine (C=N–C) groups is 1. The van der Waals surface area contributed by atoms with Crippen molar-refractivity contribution in [3.8, 4) is 0 Å². The van der Waals surface area contributed by atoms with E-state index in [0.29, 0.717) is 27.4 Å². The molecule has 162 valence electrons. The lowest BCUT2D eigenvalue weighted by molar-refractivity contribution is -0.215. The minimum atomic E-state index is -3.94. The van der Waals surface area contributed by atoms with E-state index in [1.165, 1.54) is 31.2 Å². The van der Waals surface area contributed by atoms with Gasteiger partial charge >= 0.3 is 0 Å².